The topological polar surface area (TPSA) is 43.1 Å². The summed E-state index contributed by atoms with van der Waals surface area (Å²) in [5.41, 5.74) is 8.29. The highest BCUT2D eigenvalue weighted by Crippen LogP contribution is 2.20. The van der Waals surface area contributed by atoms with Crippen molar-refractivity contribution in [1.82, 2.24) is 0 Å². The summed E-state index contributed by atoms with van der Waals surface area (Å²) < 4.78 is 0.946. The second-order valence-electron chi connectivity index (χ2n) is 3.81. The summed E-state index contributed by atoms with van der Waals surface area (Å²) in [6, 6.07) is 15.8. The highest BCUT2D eigenvalue weighted by atomic mass is 127. The lowest BCUT2D eigenvalue weighted by Gasteiger charge is -2.07. The zero-order valence-electron chi connectivity index (χ0n) is 9.19. The largest absolute Gasteiger partial charge is 0.366 e. The molecule has 0 radical (unpaired) electrons. The minimum absolute atomic E-state index is 0.371. The highest BCUT2D eigenvalue weighted by Gasteiger charge is 2.09. The van der Waals surface area contributed by atoms with Crippen LogP contribution in [-0.2, 0) is 6.42 Å². The van der Waals surface area contributed by atoms with E-state index >= 15 is 0 Å². The Morgan fingerprint density at radius 3 is 2.41 bits per heavy atom. The molecule has 2 N–H and O–H groups in total. The van der Waals surface area contributed by atoms with Crippen LogP contribution in [0.3, 0.4) is 0 Å². The van der Waals surface area contributed by atoms with Gasteiger partial charge in [-0.25, -0.2) is 0 Å². The minimum Gasteiger partial charge on any atom is -0.366 e. The van der Waals surface area contributed by atoms with Gasteiger partial charge in [0.05, 0.1) is 5.56 Å². The lowest BCUT2D eigenvalue weighted by atomic mass is 10.0. The molecule has 0 heterocycles. The van der Waals surface area contributed by atoms with Crippen LogP contribution in [0, 0.1) is 3.57 Å². The molecule has 0 aliphatic heterocycles. The van der Waals surface area contributed by atoms with Gasteiger partial charge in [-0.3, -0.25) is 4.79 Å². The molecular formula is C14H12INO. The van der Waals surface area contributed by atoms with Gasteiger partial charge in [-0.15, -0.1) is 0 Å². The van der Waals surface area contributed by atoms with E-state index in [-0.39, 0.29) is 5.91 Å². The Kier molecular flexibility index (Phi) is 3.78. The number of rotatable bonds is 3. The normalized spacial score (nSPS) is 10.2. The fourth-order valence-corrected chi connectivity index (χ4v) is 2.54. The van der Waals surface area contributed by atoms with Crippen molar-refractivity contribution in [3.05, 3.63) is 68.8 Å². The predicted molar refractivity (Wildman–Crippen MR) is 76.9 cm³/mol. The number of carbonyl (C=O) groups excluding carboxylic acids is 1. The van der Waals surface area contributed by atoms with Crippen LogP contribution in [0.2, 0.25) is 0 Å². The number of hydrogen-bond acceptors (Lipinski definition) is 1. The Hall–Kier alpha value is -1.36. The average Bonchev–Trinajstić information content (AvgIpc) is 2.33. The molecule has 86 valence electrons. The molecule has 2 nitrogen and oxygen atoms in total. The van der Waals surface area contributed by atoms with Gasteiger partial charge in [-0.1, -0.05) is 42.5 Å². The molecular weight excluding hydrogens is 325 g/mol. The molecule has 3 heteroatoms. The van der Waals surface area contributed by atoms with Crippen LogP contribution in [0.15, 0.2) is 48.5 Å². The van der Waals surface area contributed by atoms with Crippen LogP contribution in [0.25, 0.3) is 0 Å². The molecule has 0 bridgehead atoms. The molecule has 0 aromatic heterocycles. The summed E-state index contributed by atoms with van der Waals surface area (Å²) in [4.78, 5) is 11.2. The van der Waals surface area contributed by atoms with Crippen LogP contribution in [0.5, 0.6) is 0 Å². The number of primary amides is 1. The van der Waals surface area contributed by atoms with Crippen molar-refractivity contribution >= 4 is 28.5 Å². The van der Waals surface area contributed by atoms with Crippen molar-refractivity contribution in [3.63, 3.8) is 0 Å². The minimum atomic E-state index is -0.371. The van der Waals surface area contributed by atoms with Gasteiger partial charge < -0.3 is 5.73 Å². The Balaban J connectivity index is 2.34. The maximum Gasteiger partial charge on any atom is 0.249 e. The van der Waals surface area contributed by atoms with Crippen molar-refractivity contribution in [1.29, 1.82) is 0 Å². The van der Waals surface area contributed by atoms with Gasteiger partial charge in [0, 0.05) is 3.57 Å². The third-order valence-corrected chi connectivity index (χ3v) is 3.86. The fourth-order valence-electron chi connectivity index (χ4n) is 1.72. The molecule has 17 heavy (non-hydrogen) atoms. The van der Waals surface area contributed by atoms with Gasteiger partial charge in [-0.05, 0) is 46.2 Å². The summed E-state index contributed by atoms with van der Waals surface area (Å²) in [5, 5.41) is 0. The number of carbonyl (C=O) groups is 1. The molecule has 2 rings (SSSR count). The van der Waals surface area contributed by atoms with Crippen molar-refractivity contribution in [2.24, 2.45) is 5.73 Å². The van der Waals surface area contributed by atoms with Crippen LogP contribution in [-0.4, -0.2) is 5.91 Å². The summed E-state index contributed by atoms with van der Waals surface area (Å²) in [6.45, 7) is 0. The number of hydrogen-bond donors (Lipinski definition) is 1. The summed E-state index contributed by atoms with van der Waals surface area (Å²) in [5.74, 6) is -0.371. The summed E-state index contributed by atoms with van der Waals surface area (Å²) >= 11 is 2.18. The summed E-state index contributed by atoms with van der Waals surface area (Å²) in [6.07, 6.45) is 0.820. The smallest absolute Gasteiger partial charge is 0.249 e. The Morgan fingerprint density at radius 1 is 1.06 bits per heavy atom. The van der Waals surface area contributed by atoms with E-state index in [2.05, 4.69) is 34.7 Å². The molecule has 0 spiro atoms. The third kappa shape index (κ3) is 2.85. The van der Waals surface area contributed by atoms with Crippen LogP contribution in [0.1, 0.15) is 21.5 Å². The molecule has 0 atom stereocenters. The van der Waals surface area contributed by atoms with E-state index in [9.17, 15) is 4.79 Å². The quantitative estimate of drug-likeness (QED) is 0.860. The SMILES string of the molecule is NC(=O)c1cccc(Cc2ccccc2)c1I. The third-order valence-electron chi connectivity index (χ3n) is 2.58. The number of amides is 1. The molecule has 0 unspecified atom stereocenters. The van der Waals surface area contributed by atoms with Gasteiger partial charge in [0.2, 0.25) is 5.91 Å². The standard InChI is InChI=1S/C14H12INO/c15-13-11(7-4-8-12(13)14(16)17)9-10-5-2-1-3-6-10/h1-8H,9H2,(H2,16,17). The Labute approximate surface area is 114 Å². The van der Waals surface area contributed by atoms with Crippen LogP contribution >= 0.6 is 22.6 Å². The number of nitrogens with two attached hydrogens (primary N) is 1. The van der Waals surface area contributed by atoms with Crippen molar-refractivity contribution in [2.75, 3.05) is 0 Å². The van der Waals surface area contributed by atoms with E-state index in [0.717, 1.165) is 15.6 Å². The molecule has 0 aliphatic rings. The first-order valence-corrected chi connectivity index (χ1v) is 6.37. The van der Waals surface area contributed by atoms with E-state index in [1.165, 1.54) is 5.56 Å². The van der Waals surface area contributed by atoms with Gasteiger partial charge >= 0.3 is 0 Å². The first-order chi connectivity index (χ1) is 8.18. The van der Waals surface area contributed by atoms with Crippen molar-refractivity contribution < 1.29 is 4.79 Å². The van der Waals surface area contributed by atoms with E-state index < -0.39 is 0 Å². The maximum absolute atomic E-state index is 11.2. The predicted octanol–water partition coefficient (Wildman–Crippen LogP) is 2.98. The lowest BCUT2D eigenvalue weighted by Crippen LogP contribution is -2.13. The monoisotopic (exact) mass is 337 g/mol. The van der Waals surface area contributed by atoms with Gasteiger partial charge in [0.15, 0.2) is 0 Å². The molecule has 0 saturated heterocycles. The molecule has 0 fully saturated rings. The molecule has 0 aliphatic carbocycles. The fraction of sp³-hybridized carbons (Fsp3) is 0.0714. The van der Waals surface area contributed by atoms with Crippen LogP contribution < -0.4 is 5.73 Å². The zero-order valence-corrected chi connectivity index (χ0v) is 11.3. The van der Waals surface area contributed by atoms with Gasteiger partial charge in [-0.2, -0.15) is 0 Å². The lowest BCUT2D eigenvalue weighted by molar-refractivity contribution is 0.0999. The second kappa shape index (κ2) is 5.31. The van der Waals surface area contributed by atoms with Gasteiger partial charge in [0.25, 0.3) is 0 Å². The Bertz CT molecular complexity index is 537. The first kappa shape index (κ1) is 12.1. The molecule has 1 amide bonds. The maximum atomic E-state index is 11.2. The van der Waals surface area contributed by atoms with Gasteiger partial charge in [0.1, 0.15) is 0 Å². The average molecular weight is 337 g/mol. The highest BCUT2D eigenvalue weighted by molar-refractivity contribution is 14.1. The van der Waals surface area contributed by atoms with E-state index in [0.29, 0.717) is 5.56 Å². The van der Waals surface area contributed by atoms with E-state index in [1.54, 1.807) is 6.07 Å². The number of halogens is 1. The molecule has 2 aromatic rings. The Morgan fingerprint density at radius 2 is 1.76 bits per heavy atom. The second-order valence-corrected chi connectivity index (χ2v) is 4.88. The van der Waals surface area contributed by atoms with Crippen molar-refractivity contribution in [3.8, 4) is 0 Å². The zero-order chi connectivity index (χ0) is 12.3. The molecule has 0 saturated carbocycles. The first-order valence-electron chi connectivity index (χ1n) is 5.29. The van der Waals surface area contributed by atoms with Crippen molar-refractivity contribution in [2.45, 2.75) is 6.42 Å². The van der Waals surface area contributed by atoms with E-state index in [1.807, 2.05) is 30.3 Å². The summed E-state index contributed by atoms with van der Waals surface area (Å²) in [7, 11) is 0. The van der Waals surface area contributed by atoms with Crippen LogP contribution in [0.4, 0.5) is 0 Å². The number of benzene rings is 2. The van der Waals surface area contributed by atoms with E-state index in [4.69, 9.17) is 5.73 Å². The molecule has 2 aromatic carbocycles.